The molecule has 57 heavy (non-hydrogen) atoms. The second-order valence-electron chi connectivity index (χ2n) is 13.5. The maximum absolute atomic E-state index is 14.9. The van der Waals surface area contributed by atoms with Crippen molar-refractivity contribution in [3.63, 3.8) is 0 Å². The van der Waals surface area contributed by atoms with Crippen LogP contribution in [0.1, 0.15) is 59.7 Å². The highest BCUT2D eigenvalue weighted by Crippen LogP contribution is 2.45. The van der Waals surface area contributed by atoms with Gasteiger partial charge in [-0.05, 0) is 61.6 Å². The molecule has 0 fully saturated rings. The van der Waals surface area contributed by atoms with Crippen LogP contribution in [0.15, 0.2) is 42.5 Å². The molecule has 5 aromatic rings. The Morgan fingerprint density at radius 3 is 2.35 bits per heavy atom. The van der Waals surface area contributed by atoms with Gasteiger partial charge in [0.2, 0.25) is 15.9 Å². The van der Waals surface area contributed by atoms with Crippen LogP contribution in [0.5, 0.6) is 0 Å². The van der Waals surface area contributed by atoms with Crippen LogP contribution in [-0.2, 0) is 47.2 Å². The molecule has 0 saturated carbocycles. The zero-order valence-corrected chi connectivity index (χ0v) is 31.4. The number of aryl methyl sites for hydroxylation is 1. The van der Waals surface area contributed by atoms with Crippen LogP contribution in [0.3, 0.4) is 0 Å². The van der Waals surface area contributed by atoms with Gasteiger partial charge in [-0.25, -0.2) is 39.7 Å². The van der Waals surface area contributed by atoms with Crippen molar-refractivity contribution < 1.29 is 53.4 Å². The van der Waals surface area contributed by atoms with Crippen LogP contribution in [0.25, 0.3) is 22.0 Å². The molecule has 3 aromatic heterocycles. The average Bonchev–Trinajstić information content (AvgIpc) is 3.73. The number of aromatic nitrogens is 5. The number of nitrogens with zero attached hydrogens (tertiary/aromatic N) is 5. The zero-order valence-electron chi connectivity index (χ0n) is 29.8. The molecular weight excluding hydrogens is 814 g/mol. The Morgan fingerprint density at radius 2 is 1.72 bits per heavy atom. The number of benzene rings is 2. The summed E-state index contributed by atoms with van der Waals surface area (Å²) in [6.45, 7) is -0.260. The number of aliphatic hydroxyl groups is 1. The number of nitrogens with one attached hydrogen (secondary N) is 2. The second kappa shape index (κ2) is 15.2. The van der Waals surface area contributed by atoms with E-state index in [9.17, 15) is 53.4 Å². The fraction of sp³-hybridized carbons (Fsp3) is 0.333. The van der Waals surface area contributed by atoms with Crippen molar-refractivity contribution in [1.29, 1.82) is 0 Å². The van der Waals surface area contributed by atoms with E-state index in [0.29, 0.717) is 10.7 Å². The average molecular weight is 844 g/mol. The molecular formula is C36H30ClF8N7O4S. The van der Waals surface area contributed by atoms with Crippen LogP contribution in [0, 0.1) is 23.5 Å². The third-order valence-electron chi connectivity index (χ3n) is 8.95. The molecule has 302 valence electrons. The number of fused-ring (bicyclic) bond motifs is 2. The second-order valence-corrected chi connectivity index (χ2v) is 15.6. The van der Waals surface area contributed by atoms with E-state index in [1.807, 2.05) is 5.92 Å². The van der Waals surface area contributed by atoms with Crippen molar-refractivity contribution in [2.75, 3.05) is 11.0 Å². The third-order valence-corrected chi connectivity index (χ3v) is 9.83. The summed E-state index contributed by atoms with van der Waals surface area (Å²) >= 11 is 6.52. The Morgan fingerprint density at radius 1 is 1.05 bits per heavy atom. The highest BCUT2D eigenvalue weighted by molar-refractivity contribution is 7.92. The molecule has 0 bridgehead atoms. The molecule has 1 aliphatic carbocycles. The number of pyridine rings is 1. The van der Waals surface area contributed by atoms with E-state index in [2.05, 4.69) is 31.1 Å². The van der Waals surface area contributed by atoms with E-state index in [-0.39, 0.29) is 49.8 Å². The normalized spacial score (nSPS) is 15.4. The first-order valence-corrected chi connectivity index (χ1v) is 19.0. The molecule has 0 radical (unpaired) electrons. The van der Waals surface area contributed by atoms with Gasteiger partial charge in [0.15, 0.2) is 11.4 Å². The number of amides is 1. The minimum absolute atomic E-state index is 0.0473. The lowest BCUT2D eigenvalue weighted by atomic mass is 9.93. The van der Waals surface area contributed by atoms with Gasteiger partial charge in [0, 0.05) is 36.2 Å². The minimum atomic E-state index is -3.89. The number of carbonyl (C=O) groups excluding carboxylic acids is 1. The molecule has 1 unspecified atom stereocenters. The molecule has 3 N–H and O–H groups in total. The van der Waals surface area contributed by atoms with E-state index >= 15 is 0 Å². The minimum Gasteiger partial charge on any atom is -0.372 e. The number of anilines is 1. The van der Waals surface area contributed by atoms with Crippen molar-refractivity contribution in [2.45, 2.75) is 63.1 Å². The van der Waals surface area contributed by atoms with Gasteiger partial charge in [-0.1, -0.05) is 23.6 Å². The number of carbonyl (C=O) groups is 1. The fourth-order valence-electron chi connectivity index (χ4n) is 6.55. The number of rotatable bonds is 11. The summed E-state index contributed by atoms with van der Waals surface area (Å²) in [4.78, 5) is 18.3. The summed E-state index contributed by atoms with van der Waals surface area (Å²) in [5, 5.41) is 20.7. The number of halogens is 9. The first-order valence-electron chi connectivity index (χ1n) is 16.7. The number of alkyl halides is 6. The molecule has 0 saturated heterocycles. The van der Waals surface area contributed by atoms with Gasteiger partial charge < -0.3 is 10.4 Å². The highest BCUT2D eigenvalue weighted by atomic mass is 35.5. The van der Waals surface area contributed by atoms with Gasteiger partial charge in [0.1, 0.15) is 35.3 Å². The van der Waals surface area contributed by atoms with Gasteiger partial charge in [-0.3, -0.25) is 18.9 Å². The molecule has 11 nitrogen and oxygen atoms in total. The van der Waals surface area contributed by atoms with Gasteiger partial charge in [-0.15, -0.1) is 0 Å². The van der Waals surface area contributed by atoms with Crippen molar-refractivity contribution in [3.05, 3.63) is 93.0 Å². The molecule has 21 heteroatoms. The van der Waals surface area contributed by atoms with E-state index < -0.39 is 101 Å². The fourth-order valence-corrected chi connectivity index (χ4v) is 7.28. The van der Waals surface area contributed by atoms with Crippen molar-refractivity contribution in [2.24, 2.45) is 7.05 Å². The molecule has 0 spiro atoms. The molecule has 2 atom stereocenters. The number of sulfonamides is 1. The first-order chi connectivity index (χ1) is 26.5. The quantitative estimate of drug-likeness (QED) is 0.101. The van der Waals surface area contributed by atoms with Crippen LogP contribution in [-0.4, -0.2) is 62.3 Å². The van der Waals surface area contributed by atoms with Gasteiger partial charge in [0.05, 0.1) is 33.9 Å². The summed E-state index contributed by atoms with van der Waals surface area (Å²) in [7, 11) is -2.43. The number of hydrogen-bond donors (Lipinski definition) is 3. The lowest BCUT2D eigenvalue weighted by Gasteiger charge is -2.23. The lowest BCUT2D eigenvalue weighted by Crippen LogP contribution is -2.35. The maximum Gasteiger partial charge on any atom is 0.290 e. The molecule has 1 amide bonds. The summed E-state index contributed by atoms with van der Waals surface area (Å²) in [5.74, 6) is -2.50. The monoisotopic (exact) mass is 843 g/mol. The van der Waals surface area contributed by atoms with E-state index in [4.69, 9.17) is 11.6 Å². The summed E-state index contributed by atoms with van der Waals surface area (Å²) in [5.41, 5.74) is -4.89. The van der Waals surface area contributed by atoms with E-state index in [1.165, 1.54) is 36.0 Å². The predicted molar refractivity (Wildman–Crippen MR) is 191 cm³/mol. The zero-order chi connectivity index (χ0) is 41.8. The van der Waals surface area contributed by atoms with Crippen LogP contribution < -0.4 is 10.0 Å². The van der Waals surface area contributed by atoms with Gasteiger partial charge >= 0.3 is 0 Å². The Kier molecular flexibility index (Phi) is 11.1. The Bertz CT molecular complexity index is 2570. The maximum atomic E-state index is 14.9. The number of hydrogen-bond acceptors (Lipinski definition) is 7. The predicted octanol–water partition coefficient (Wildman–Crippen LogP) is 6.58. The Labute approximate surface area is 324 Å². The van der Waals surface area contributed by atoms with Crippen molar-refractivity contribution in [1.82, 2.24) is 29.9 Å². The van der Waals surface area contributed by atoms with Gasteiger partial charge in [-0.2, -0.15) is 19.0 Å². The molecule has 0 aliphatic heterocycles. The summed E-state index contributed by atoms with van der Waals surface area (Å²) in [6, 6.07) is 6.49. The largest absolute Gasteiger partial charge is 0.372 e. The lowest BCUT2D eigenvalue weighted by molar-refractivity contribution is -0.122. The summed E-state index contributed by atoms with van der Waals surface area (Å²) < 4.78 is 142. The smallest absolute Gasteiger partial charge is 0.290 e. The van der Waals surface area contributed by atoms with Crippen molar-refractivity contribution >= 4 is 44.3 Å². The molecule has 3 heterocycles. The van der Waals surface area contributed by atoms with E-state index in [0.717, 1.165) is 25.3 Å². The molecule has 2 aromatic carbocycles. The molecule has 1 aliphatic rings. The van der Waals surface area contributed by atoms with Crippen LogP contribution in [0.4, 0.5) is 40.9 Å². The van der Waals surface area contributed by atoms with Crippen LogP contribution >= 0.6 is 11.6 Å². The summed E-state index contributed by atoms with van der Waals surface area (Å²) in [6.07, 6.45) is -7.33. The Hall–Kier alpha value is -5.26. The topological polar surface area (TPSA) is 144 Å². The third kappa shape index (κ3) is 8.70. The standard InChI is InChI=1S/C36H30ClF8N7O4S/c1-35(54,34(42)43)10-8-20-4-5-21(22-6-7-24(37)27-30(22)51(2)49-33(27)50-57(3,55)56)28(46-20)25(14-17-12-18(38)15-19(39)13-17)47-26(53)16-52-31-23(9-11-36(31,44)45)29(48-52)32(40)41/h4-7,12-13,15,25,32,34,54H,9,11,14,16H2,1-3H3,(H,47,53)(H,49,50)/t25-,35?/m0/s1. The van der Waals surface area contributed by atoms with E-state index in [1.54, 1.807) is 0 Å². The highest BCUT2D eigenvalue weighted by Gasteiger charge is 2.46. The van der Waals surface area contributed by atoms with Gasteiger partial charge in [0.25, 0.3) is 18.8 Å². The first kappa shape index (κ1) is 41.4. The SMILES string of the molecule is Cn1nc(NS(C)(=O)=O)c2c(Cl)ccc(-c3ccc(C#CC(C)(O)C(F)F)nc3[C@H](Cc3cc(F)cc(F)c3)NC(=O)Cn3nc(C(F)F)c4c3C(F)(F)CC4)c21. The van der Waals surface area contributed by atoms with Crippen molar-refractivity contribution in [3.8, 4) is 23.0 Å². The molecule has 6 rings (SSSR count). The Balaban J connectivity index is 1.55. The van der Waals surface area contributed by atoms with Crippen LogP contribution in [0.2, 0.25) is 5.02 Å².